The lowest BCUT2D eigenvalue weighted by Gasteiger charge is -2.32. The van der Waals surface area contributed by atoms with E-state index in [-0.39, 0.29) is 0 Å². The van der Waals surface area contributed by atoms with Gasteiger partial charge in [0.1, 0.15) is 4.84 Å². The molecule has 0 aliphatic rings. The Balaban J connectivity index is 2.55. The van der Waals surface area contributed by atoms with Crippen LogP contribution in [0, 0.1) is 0 Å². The van der Waals surface area contributed by atoms with E-state index < -0.39 is 9.99 Å². The van der Waals surface area contributed by atoms with E-state index in [2.05, 4.69) is 9.24 Å². The van der Waals surface area contributed by atoms with Gasteiger partial charge in [0, 0.05) is 0 Å². The molecule has 0 heterocycles. The predicted octanol–water partition coefficient (Wildman–Crippen LogP) is 4.61. The highest BCUT2D eigenvalue weighted by atomic mass is 35.5. The molecule has 0 N–H and O–H groups in total. The molecule has 0 aliphatic carbocycles. The Morgan fingerprint density at radius 1 is 0.765 bits per heavy atom. The van der Waals surface area contributed by atoms with Gasteiger partial charge in [-0.05, 0) is 11.1 Å². The van der Waals surface area contributed by atoms with Crippen LogP contribution < -0.4 is 0 Å². The zero-order chi connectivity index (χ0) is 12.3. The summed E-state index contributed by atoms with van der Waals surface area (Å²) in [7, 11) is 2.80. The van der Waals surface area contributed by atoms with Gasteiger partial charge in [-0.2, -0.15) is 0 Å². The van der Waals surface area contributed by atoms with Gasteiger partial charge >= 0.3 is 0 Å². The Labute approximate surface area is 114 Å². The number of hydrogen-bond acceptors (Lipinski definition) is 0. The maximum Gasteiger partial charge on any atom is 0.124 e. The largest absolute Gasteiger partial charge is 0.124 e. The highest BCUT2D eigenvalue weighted by Crippen LogP contribution is 2.45. The lowest BCUT2D eigenvalue weighted by Crippen LogP contribution is -2.27. The topological polar surface area (TPSA) is 0 Å². The molecule has 0 bridgehead atoms. The number of halogens is 2. The SMILES string of the molecule is PC(c1ccccc1)(c1ccccc1)C(Cl)Cl. The Morgan fingerprint density at radius 2 is 1.12 bits per heavy atom. The summed E-state index contributed by atoms with van der Waals surface area (Å²) in [5, 5.41) is -0.467. The maximum absolute atomic E-state index is 6.20. The highest BCUT2D eigenvalue weighted by Gasteiger charge is 2.35. The summed E-state index contributed by atoms with van der Waals surface area (Å²) in [6, 6.07) is 20.1. The molecule has 0 saturated carbocycles. The molecule has 0 amide bonds. The van der Waals surface area contributed by atoms with Crippen molar-refractivity contribution in [3.05, 3.63) is 71.8 Å². The number of hydrogen-bond donors (Lipinski definition) is 0. The molecule has 2 aromatic carbocycles. The fourth-order valence-electron chi connectivity index (χ4n) is 1.85. The van der Waals surface area contributed by atoms with Crippen LogP contribution in [0.2, 0.25) is 0 Å². The molecule has 17 heavy (non-hydrogen) atoms. The van der Waals surface area contributed by atoms with Crippen LogP contribution in [-0.4, -0.2) is 4.84 Å². The van der Waals surface area contributed by atoms with E-state index in [1.54, 1.807) is 0 Å². The average molecular weight is 283 g/mol. The zero-order valence-electron chi connectivity index (χ0n) is 9.18. The van der Waals surface area contributed by atoms with Crippen molar-refractivity contribution in [1.29, 1.82) is 0 Å². The molecule has 0 radical (unpaired) electrons. The summed E-state index contributed by atoms with van der Waals surface area (Å²) in [5.74, 6) is 0. The van der Waals surface area contributed by atoms with Crippen molar-refractivity contribution in [2.24, 2.45) is 0 Å². The maximum atomic E-state index is 6.20. The molecule has 2 aromatic rings. The van der Waals surface area contributed by atoms with Gasteiger partial charge in [-0.3, -0.25) is 0 Å². The molecule has 88 valence electrons. The Morgan fingerprint density at radius 3 is 1.41 bits per heavy atom. The first kappa shape index (κ1) is 12.9. The lowest BCUT2D eigenvalue weighted by atomic mass is 9.91. The van der Waals surface area contributed by atoms with Gasteiger partial charge in [0.2, 0.25) is 0 Å². The van der Waals surface area contributed by atoms with E-state index in [0.29, 0.717) is 0 Å². The summed E-state index contributed by atoms with van der Waals surface area (Å²) in [5.41, 5.74) is 2.18. The molecule has 0 spiro atoms. The second-order valence-corrected chi connectivity index (χ2v) is 5.91. The Bertz CT molecular complexity index is 429. The minimum Gasteiger partial charge on any atom is -0.119 e. The van der Waals surface area contributed by atoms with Crippen molar-refractivity contribution in [3.8, 4) is 0 Å². The van der Waals surface area contributed by atoms with E-state index >= 15 is 0 Å². The third kappa shape index (κ3) is 2.50. The molecular formula is C14H13Cl2P. The molecule has 1 unspecified atom stereocenters. The lowest BCUT2D eigenvalue weighted by molar-refractivity contribution is 0.807. The van der Waals surface area contributed by atoms with Crippen molar-refractivity contribution in [3.63, 3.8) is 0 Å². The first-order valence-corrected chi connectivity index (χ1v) is 6.79. The zero-order valence-corrected chi connectivity index (χ0v) is 11.9. The molecule has 3 heteroatoms. The van der Waals surface area contributed by atoms with Crippen LogP contribution in [0.4, 0.5) is 0 Å². The monoisotopic (exact) mass is 282 g/mol. The first-order valence-electron chi connectivity index (χ1n) is 5.34. The number of benzene rings is 2. The molecule has 1 atom stereocenters. The summed E-state index contributed by atoms with van der Waals surface area (Å²) in [6.45, 7) is 0. The predicted molar refractivity (Wildman–Crippen MR) is 78.9 cm³/mol. The summed E-state index contributed by atoms with van der Waals surface area (Å²) < 4.78 is 0. The summed E-state index contributed by atoms with van der Waals surface area (Å²) in [6.07, 6.45) is 0. The molecule has 0 saturated heterocycles. The van der Waals surface area contributed by atoms with Crippen LogP contribution in [0.1, 0.15) is 11.1 Å². The van der Waals surface area contributed by atoms with E-state index in [1.165, 1.54) is 0 Å². The van der Waals surface area contributed by atoms with Crippen LogP contribution in [0.15, 0.2) is 60.7 Å². The van der Waals surface area contributed by atoms with Gasteiger partial charge in [0.05, 0.1) is 5.16 Å². The number of rotatable bonds is 3. The van der Waals surface area contributed by atoms with E-state index in [9.17, 15) is 0 Å². The van der Waals surface area contributed by atoms with Gasteiger partial charge < -0.3 is 0 Å². The third-order valence-electron chi connectivity index (χ3n) is 2.85. The van der Waals surface area contributed by atoms with E-state index in [0.717, 1.165) is 11.1 Å². The fourth-order valence-corrected chi connectivity index (χ4v) is 2.74. The Hall–Kier alpha value is -0.550. The van der Waals surface area contributed by atoms with Crippen LogP contribution in [-0.2, 0) is 5.16 Å². The smallest absolute Gasteiger partial charge is 0.119 e. The van der Waals surface area contributed by atoms with Crippen molar-refractivity contribution in [1.82, 2.24) is 0 Å². The van der Waals surface area contributed by atoms with Crippen LogP contribution in [0.3, 0.4) is 0 Å². The van der Waals surface area contributed by atoms with Gasteiger partial charge in [0.25, 0.3) is 0 Å². The second-order valence-electron chi connectivity index (χ2n) is 3.90. The quantitative estimate of drug-likeness (QED) is 0.570. The van der Waals surface area contributed by atoms with Crippen molar-refractivity contribution in [2.75, 3.05) is 0 Å². The van der Waals surface area contributed by atoms with Gasteiger partial charge in [0.15, 0.2) is 0 Å². The normalized spacial score (nSPS) is 11.8. The van der Waals surface area contributed by atoms with Crippen molar-refractivity contribution < 1.29 is 0 Å². The van der Waals surface area contributed by atoms with Gasteiger partial charge in [-0.1, -0.05) is 60.7 Å². The summed E-state index contributed by atoms with van der Waals surface area (Å²) in [4.78, 5) is -0.530. The van der Waals surface area contributed by atoms with E-state index in [4.69, 9.17) is 23.2 Å². The second kappa shape index (κ2) is 5.40. The average Bonchev–Trinajstić information content (AvgIpc) is 2.39. The minimum absolute atomic E-state index is 0.467. The van der Waals surface area contributed by atoms with Crippen LogP contribution in [0.5, 0.6) is 0 Å². The van der Waals surface area contributed by atoms with Crippen LogP contribution in [0.25, 0.3) is 0 Å². The standard InChI is InChI=1S/C14H13Cl2P/c15-13(16)14(17,11-7-3-1-4-8-11)12-9-5-2-6-10-12/h1-10,13H,17H2. The van der Waals surface area contributed by atoms with E-state index in [1.807, 2.05) is 60.7 Å². The third-order valence-corrected chi connectivity index (χ3v) is 4.96. The molecule has 0 aliphatic heterocycles. The molecular weight excluding hydrogens is 270 g/mol. The minimum atomic E-state index is -0.530. The molecule has 0 fully saturated rings. The van der Waals surface area contributed by atoms with Gasteiger partial charge in [-0.25, -0.2) is 0 Å². The van der Waals surface area contributed by atoms with Gasteiger partial charge in [-0.15, -0.1) is 32.4 Å². The summed E-state index contributed by atoms with van der Waals surface area (Å²) >= 11 is 12.4. The fraction of sp³-hybridized carbons (Fsp3) is 0.143. The first-order chi connectivity index (χ1) is 8.15. The molecule has 0 aromatic heterocycles. The van der Waals surface area contributed by atoms with Crippen molar-refractivity contribution >= 4 is 32.4 Å². The molecule has 0 nitrogen and oxygen atoms in total. The Kier molecular flexibility index (Phi) is 4.09. The number of alkyl halides is 2. The highest BCUT2D eigenvalue weighted by molar-refractivity contribution is 7.19. The van der Waals surface area contributed by atoms with Crippen molar-refractivity contribution in [2.45, 2.75) is 9.99 Å². The van der Waals surface area contributed by atoms with Crippen LogP contribution >= 0.6 is 32.4 Å². The molecule has 2 rings (SSSR count).